The van der Waals surface area contributed by atoms with Crippen LogP contribution in [0.4, 0.5) is 0 Å². The number of aromatic nitrogens is 2. The number of piperidine rings is 1. The number of aromatic amines is 1. The van der Waals surface area contributed by atoms with Crippen LogP contribution in [0.1, 0.15) is 30.5 Å². The molecule has 2 aliphatic rings. The zero-order valence-electron chi connectivity index (χ0n) is 15.3. The van der Waals surface area contributed by atoms with Crippen LogP contribution in [0.25, 0.3) is 10.9 Å². The SMILES string of the molecule is O=C(Cc1[nH]nc2ccccc12)N(Cc1ccsc1)C1CC12CCNCC2. The molecule has 27 heavy (non-hydrogen) atoms. The summed E-state index contributed by atoms with van der Waals surface area (Å²) in [5.41, 5.74) is 3.42. The minimum absolute atomic E-state index is 0.205. The van der Waals surface area contributed by atoms with Gasteiger partial charge in [-0.3, -0.25) is 9.89 Å². The highest BCUT2D eigenvalue weighted by molar-refractivity contribution is 7.07. The van der Waals surface area contributed by atoms with Crippen LogP contribution in [0, 0.1) is 5.41 Å². The van der Waals surface area contributed by atoms with Crippen molar-refractivity contribution in [1.82, 2.24) is 20.4 Å². The lowest BCUT2D eigenvalue weighted by Gasteiger charge is -2.29. The maximum absolute atomic E-state index is 13.4. The van der Waals surface area contributed by atoms with Crippen LogP contribution in [0.2, 0.25) is 0 Å². The molecular weight excluding hydrogens is 356 g/mol. The topological polar surface area (TPSA) is 61.0 Å². The molecule has 140 valence electrons. The number of nitrogens with one attached hydrogen (secondary N) is 2. The summed E-state index contributed by atoms with van der Waals surface area (Å²) in [7, 11) is 0. The fraction of sp³-hybridized carbons (Fsp3) is 0.429. The smallest absolute Gasteiger partial charge is 0.229 e. The molecule has 1 aliphatic carbocycles. The zero-order chi connectivity index (χ0) is 18.3. The minimum atomic E-state index is 0.205. The average Bonchev–Trinajstić information content (AvgIpc) is 3.07. The van der Waals surface area contributed by atoms with Gasteiger partial charge in [-0.1, -0.05) is 18.2 Å². The van der Waals surface area contributed by atoms with Gasteiger partial charge in [-0.05, 0) is 66.2 Å². The number of hydrogen-bond acceptors (Lipinski definition) is 4. The Balaban J connectivity index is 1.39. The average molecular weight is 381 g/mol. The van der Waals surface area contributed by atoms with Crippen molar-refractivity contribution in [3.8, 4) is 0 Å². The molecule has 5 nitrogen and oxygen atoms in total. The van der Waals surface area contributed by atoms with Gasteiger partial charge >= 0.3 is 0 Å². The quantitative estimate of drug-likeness (QED) is 0.714. The Morgan fingerprint density at radius 2 is 2.11 bits per heavy atom. The molecule has 2 N–H and O–H groups in total. The predicted octanol–water partition coefficient (Wildman–Crippen LogP) is 3.34. The van der Waals surface area contributed by atoms with Gasteiger partial charge in [0.05, 0.1) is 17.6 Å². The Bertz CT molecular complexity index is 942. The fourth-order valence-electron chi connectivity index (χ4n) is 4.58. The highest BCUT2D eigenvalue weighted by Gasteiger charge is 2.57. The molecule has 3 heterocycles. The van der Waals surface area contributed by atoms with Gasteiger partial charge in [-0.15, -0.1) is 0 Å². The second-order valence-corrected chi connectivity index (χ2v) is 8.66. The third kappa shape index (κ3) is 3.17. The number of rotatable bonds is 5. The van der Waals surface area contributed by atoms with Crippen LogP contribution in [0.15, 0.2) is 41.1 Å². The number of H-pyrrole nitrogens is 1. The van der Waals surface area contributed by atoms with Crippen LogP contribution < -0.4 is 5.32 Å². The molecule has 1 atom stereocenters. The monoisotopic (exact) mass is 380 g/mol. The minimum Gasteiger partial charge on any atom is -0.334 e. The molecule has 1 aromatic carbocycles. The largest absolute Gasteiger partial charge is 0.334 e. The van der Waals surface area contributed by atoms with E-state index in [-0.39, 0.29) is 5.91 Å². The number of thiophene rings is 1. The highest BCUT2D eigenvalue weighted by Crippen LogP contribution is 2.56. The van der Waals surface area contributed by atoms with Crippen molar-refractivity contribution in [2.24, 2.45) is 5.41 Å². The van der Waals surface area contributed by atoms with Gasteiger partial charge in [0.15, 0.2) is 0 Å². The van der Waals surface area contributed by atoms with Crippen LogP contribution in [-0.4, -0.2) is 40.1 Å². The molecule has 1 unspecified atom stereocenters. The summed E-state index contributed by atoms with van der Waals surface area (Å²) in [6, 6.07) is 10.5. The van der Waals surface area contributed by atoms with Crippen molar-refractivity contribution < 1.29 is 4.79 Å². The van der Waals surface area contributed by atoms with Crippen molar-refractivity contribution in [2.75, 3.05) is 13.1 Å². The number of carbonyl (C=O) groups is 1. The Hall–Kier alpha value is -2.18. The number of fused-ring (bicyclic) bond motifs is 1. The number of para-hydroxylation sites is 1. The van der Waals surface area contributed by atoms with Crippen molar-refractivity contribution in [2.45, 2.75) is 38.3 Å². The van der Waals surface area contributed by atoms with Gasteiger partial charge in [0.1, 0.15) is 0 Å². The molecule has 1 saturated carbocycles. The fourth-order valence-corrected chi connectivity index (χ4v) is 5.24. The van der Waals surface area contributed by atoms with Gasteiger partial charge in [0.2, 0.25) is 5.91 Å². The van der Waals surface area contributed by atoms with Gasteiger partial charge in [-0.2, -0.15) is 16.4 Å². The summed E-state index contributed by atoms with van der Waals surface area (Å²) in [6.07, 6.45) is 3.89. The van der Waals surface area contributed by atoms with Crippen molar-refractivity contribution in [3.63, 3.8) is 0 Å². The first-order valence-corrected chi connectivity index (χ1v) is 10.6. The van der Waals surface area contributed by atoms with E-state index in [1.807, 2.05) is 24.3 Å². The van der Waals surface area contributed by atoms with E-state index >= 15 is 0 Å². The van der Waals surface area contributed by atoms with Crippen molar-refractivity contribution in [1.29, 1.82) is 0 Å². The first-order valence-electron chi connectivity index (χ1n) is 9.68. The number of carbonyl (C=O) groups excluding carboxylic acids is 1. The Morgan fingerprint density at radius 1 is 1.26 bits per heavy atom. The maximum Gasteiger partial charge on any atom is 0.229 e. The lowest BCUT2D eigenvalue weighted by Crippen LogP contribution is -2.39. The summed E-state index contributed by atoms with van der Waals surface area (Å²) in [5.74, 6) is 0.205. The second-order valence-electron chi connectivity index (χ2n) is 7.88. The Kier molecular flexibility index (Phi) is 4.25. The molecule has 2 fully saturated rings. The van der Waals surface area contributed by atoms with Gasteiger partial charge in [-0.25, -0.2) is 0 Å². The maximum atomic E-state index is 13.4. The first kappa shape index (κ1) is 17.0. The molecule has 1 saturated heterocycles. The van der Waals surface area contributed by atoms with Gasteiger partial charge in [0, 0.05) is 18.0 Å². The second kappa shape index (κ2) is 6.77. The Morgan fingerprint density at radius 3 is 2.93 bits per heavy atom. The van der Waals surface area contributed by atoms with Crippen LogP contribution in [0.5, 0.6) is 0 Å². The summed E-state index contributed by atoms with van der Waals surface area (Å²) in [4.78, 5) is 15.5. The van der Waals surface area contributed by atoms with Gasteiger partial charge < -0.3 is 10.2 Å². The third-order valence-electron chi connectivity index (χ3n) is 6.24. The number of nitrogens with zero attached hydrogens (tertiary/aromatic N) is 2. The van der Waals surface area contributed by atoms with E-state index in [2.05, 4.69) is 37.2 Å². The molecule has 0 radical (unpaired) electrons. The molecule has 1 spiro atoms. The summed E-state index contributed by atoms with van der Waals surface area (Å²) in [5, 5.41) is 16.2. The number of amides is 1. The lowest BCUT2D eigenvalue weighted by atomic mass is 9.93. The highest BCUT2D eigenvalue weighted by atomic mass is 32.1. The zero-order valence-corrected chi connectivity index (χ0v) is 16.1. The van der Waals surface area contributed by atoms with E-state index in [1.165, 1.54) is 18.4 Å². The molecule has 1 amide bonds. The van der Waals surface area contributed by atoms with Gasteiger partial charge in [0.25, 0.3) is 0 Å². The summed E-state index contributed by atoms with van der Waals surface area (Å²) < 4.78 is 0. The standard InChI is InChI=1S/C21H24N4OS/c26-20(11-18-16-3-1-2-4-17(16)23-24-18)25(13-15-5-10-27-14-15)19-12-21(19)6-8-22-9-7-21/h1-5,10,14,19,22H,6-9,11-13H2,(H,23,24). The molecule has 3 aromatic rings. The van der Waals surface area contributed by atoms with E-state index < -0.39 is 0 Å². The third-order valence-corrected chi connectivity index (χ3v) is 6.98. The molecule has 0 bridgehead atoms. The van der Waals surface area contributed by atoms with Crippen molar-refractivity contribution >= 4 is 28.1 Å². The summed E-state index contributed by atoms with van der Waals surface area (Å²) in [6.45, 7) is 2.86. The lowest BCUT2D eigenvalue weighted by molar-refractivity contribution is -0.132. The normalized spacial score (nSPS) is 20.8. The van der Waals surface area contributed by atoms with E-state index in [0.29, 0.717) is 24.4 Å². The van der Waals surface area contributed by atoms with E-state index in [0.717, 1.165) is 36.1 Å². The molecular formula is C21H24N4OS. The van der Waals surface area contributed by atoms with Crippen LogP contribution in [-0.2, 0) is 17.8 Å². The van der Waals surface area contributed by atoms with Crippen molar-refractivity contribution in [3.05, 3.63) is 52.3 Å². The number of benzene rings is 1. The van der Waals surface area contributed by atoms with Crippen LogP contribution in [0.3, 0.4) is 0 Å². The van der Waals surface area contributed by atoms with E-state index in [1.54, 1.807) is 11.3 Å². The molecule has 5 rings (SSSR count). The Labute approximate surface area is 162 Å². The van der Waals surface area contributed by atoms with E-state index in [9.17, 15) is 4.79 Å². The van der Waals surface area contributed by atoms with E-state index in [4.69, 9.17) is 0 Å². The first-order chi connectivity index (χ1) is 13.3. The summed E-state index contributed by atoms with van der Waals surface area (Å²) >= 11 is 1.70. The molecule has 1 aliphatic heterocycles. The predicted molar refractivity (Wildman–Crippen MR) is 108 cm³/mol. The van der Waals surface area contributed by atoms with Crippen LogP contribution >= 0.6 is 11.3 Å². The molecule has 6 heteroatoms. The molecule has 2 aromatic heterocycles. The number of hydrogen-bond donors (Lipinski definition) is 2.